The second-order valence-corrected chi connectivity index (χ2v) is 5.28. The molecule has 0 spiro atoms. The van der Waals surface area contributed by atoms with Crippen LogP contribution in [0.15, 0.2) is 12.7 Å². The van der Waals surface area contributed by atoms with Crippen molar-refractivity contribution < 1.29 is 0 Å². The lowest BCUT2D eigenvalue weighted by atomic mass is 9.87. The lowest BCUT2D eigenvalue weighted by molar-refractivity contribution is 0.438. The lowest BCUT2D eigenvalue weighted by Gasteiger charge is -2.20. The molecule has 1 aliphatic carbocycles. The number of hydrogen-bond donors (Lipinski definition) is 1. The predicted octanol–water partition coefficient (Wildman–Crippen LogP) is 3.65. The van der Waals surface area contributed by atoms with Crippen LogP contribution in [0.2, 0.25) is 0 Å². The van der Waals surface area contributed by atoms with Crippen LogP contribution in [0.1, 0.15) is 62.9 Å². The number of imidazole rings is 1. The summed E-state index contributed by atoms with van der Waals surface area (Å²) in [5, 5.41) is 0. The summed E-state index contributed by atoms with van der Waals surface area (Å²) in [7, 11) is 0. The molecule has 100 valence electrons. The Labute approximate surface area is 110 Å². The van der Waals surface area contributed by atoms with E-state index in [1.165, 1.54) is 32.1 Å². The Hall–Kier alpha value is -1.25. The summed E-state index contributed by atoms with van der Waals surface area (Å²) in [6.07, 6.45) is 10.5. The number of aryl methyl sites for hydroxylation is 1. The number of hydrogen-bond acceptors (Lipinski definition) is 2. The SMILES string of the molecule is C=CCn1c(CCC)nc(C2CCCCC2)c1N. The van der Waals surface area contributed by atoms with E-state index >= 15 is 0 Å². The smallest absolute Gasteiger partial charge is 0.127 e. The summed E-state index contributed by atoms with van der Waals surface area (Å²) in [6.45, 7) is 6.78. The van der Waals surface area contributed by atoms with Gasteiger partial charge in [0.1, 0.15) is 11.6 Å². The van der Waals surface area contributed by atoms with E-state index in [2.05, 4.69) is 18.1 Å². The van der Waals surface area contributed by atoms with Crippen LogP contribution in [0.25, 0.3) is 0 Å². The number of allylic oxidation sites excluding steroid dienone is 1. The Bertz CT molecular complexity index is 400. The number of nitrogens with zero attached hydrogens (tertiary/aromatic N) is 2. The molecule has 1 aromatic heterocycles. The van der Waals surface area contributed by atoms with Gasteiger partial charge in [0.05, 0.1) is 5.69 Å². The van der Waals surface area contributed by atoms with Crippen LogP contribution in [0, 0.1) is 0 Å². The minimum absolute atomic E-state index is 0.584. The Kier molecular flexibility index (Phi) is 4.45. The molecule has 1 saturated carbocycles. The molecule has 2 N–H and O–H groups in total. The quantitative estimate of drug-likeness (QED) is 0.807. The Balaban J connectivity index is 2.28. The maximum Gasteiger partial charge on any atom is 0.127 e. The Morgan fingerprint density at radius 2 is 2.11 bits per heavy atom. The predicted molar refractivity (Wildman–Crippen MR) is 76.7 cm³/mol. The molecule has 0 aromatic carbocycles. The van der Waals surface area contributed by atoms with E-state index in [9.17, 15) is 0 Å². The van der Waals surface area contributed by atoms with Crippen molar-refractivity contribution in [3.05, 3.63) is 24.2 Å². The molecule has 1 aromatic rings. The van der Waals surface area contributed by atoms with E-state index in [0.717, 1.165) is 36.7 Å². The molecule has 1 fully saturated rings. The highest BCUT2D eigenvalue weighted by molar-refractivity contribution is 5.41. The molecule has 3 nitrogen and oxygen atoms in total. The van der Waals surface area contributed by atoms with Crippen LogP contribution in [-0.2, 0) is 13.0 Å². The van der Waals surface area contributed by atoms with E-state index in [-0.39, 0.29) is 0 Å². The lowest BCUT2D eigenvalue weighted by Crippen LogP contribution is -2.09. The standard InChI is InChI=1S/C15H25N3/c1-3-8-13-17-14(12-9-6-5-7-10-12)15(16)18(13)11-4-2/h4,12H,2-3,5-11,16H2,1H3. The van der Waals surface area contributed by atoms with Crippen LogP contribution in [-0.4, -0.2) is 9.55 Å². The molecular weight excluding hydrogens is 222 g/mol. The summed E-state index contributed by atoms with van der Waals surface area (Å²) in [6, 6.07) is 0. The van der Waals surface area contributed by atoms with Gasteiger partial charge in [-0.3, -0.25) is 0 Å². The van der Waals surface area contributed by atoms with Gasteiger partial charge in [-0.1, -0.05) is 32.3 Å². The molecule has 0 bridgehead atoms. The highest BCUT2D eigenvalue weighted by atomic mass is 15.1. The van der Waals surface area contributed by atoms with E-state index in [4.69, 9.17) is 10.7 Å². The zero-order valence-corrected chi connectivity index (χ0v) is 11.5. The van der Waals surface area contributed by atoms with Gasteiger partial charge >= 0.3 is 0 Å². The fraction of sp³-hybridized carbons (Fsp3) is 0.667. The minimum Gasteiger partial charge on any atom is -0.384 e. The summed E-state index contributed by atoms with van der Waals surface area (Å²) >= 11 is 0. The van der Waals surface area contributed by atoms with Crippen molar-refractivity contribution in [2.75, 3.05) is 5.73 Å². The minimum atomic E-state index is 0.584. The van der Waals surface area contributed by atoms with Gasteiger partial charge in [0.2, 0.25) is 0 Å². The van der Waals surface area contributed by atoms with Crippen molar-refractivity contribution in [3.8, 4) is 0 Å². The third-order valence-corrected chi connectivity index (χ3v) is 3.89. The molecule has 0 amide bonds. The third-order valence-electron chi connectivity index (χ3n) is 3.89. The molecule has 0 aliphatic heterocycles. The molecule has 18 heavy (non-hydrogen) atoms. The van der Waals surface area contributed by atoms with Gasteiger partial charge in [-0.05, 0) is 19.3 Å². The number of nitrogens with two attached hydrogens (primary N) is 1. The summed E-state index contributed by atoms with van der Waals surface area (Å²) in [4.78, 5) is 4.83. The molecule has 0 saturated heterocycles. The largest absolute Gasteiger partial charge is 0.384 e. The van der Waals surface area contributed by atoms with E-state index in [1.54, 1.807) is 0 Å². The van der Waals surface area contributed by atoms with Gasteiger partial charge in [0.25, 0.3) is 0 Å². The number of aromatic nitrogens is 2. The van der Waals surface area contributed by atoms with Crippen LogP contribution in [0.5, 0.6) is 0 Å². The maximum atomic E-state index is 6.30. The van der Waals surface area contributed by atoms with Gasteiger partial charge in [-0.25, -0.2) is 4.98 Å². The van der Waals surface area contributed by atoms with Gasteiger partial charge in [-0.15, -0.1) is 6.58 Å². The Morgan fingerprint density at radius 1 is 1.39 bits per heavy atom. The van der Waals surface area contributed by atoms with Crippen molar-refractivity contribution in [3.63, 3.8) is 0 Å². The van der Waals surface area contributed by atoms with Gasteiger partial charge in [0.15, 0.2) is 0 Å². The van der Waals surface area contributed by atoms with Crippen LogP contribution in [0.3, 0.4) is 0 Å². The highest BCUT2D eigenvalue weighted by Gasteiger charge is 2.23. The highest BCUT2D eigenvalue weighted by Crippen LogP contribution is 2.35. The molecule has 1 aliphatic rings. The molecule has 0 atom stereocenters. The fourth-order valence-electron chi connectivity index (χ4n) is 2.96. The van der Waals surface area contributed by atoms with Crippen LogP contribution in [0.4, 0.5) is 5.82 Å². The molecule has 1 heterocycles. The number of anilines is 1. The van der Waals surface area contributed by atoms with Crippen molar-refractivity contribution in [1.82, 2.24) is 9.55 Å². The van der Waals surface area contributed by atoms with Gasteiger partial charge in [-0.2, -0.15) is 0 Å². The molecule has 2 rings (SSSR count). The fourth-order valence-corrected chi connectivity index (χ4v) is 2.96. The Morgan fingerprint density at radius 3 is 2.72 bits per heavy atom. The monoisotopic (exact) mass is 247 g/mol. The normalized spacial score (nSPS) is 16.9. The van der Waals surface area contributed by atoms with E-state index in [1.807, 2.05) is 6.08 Å². The topological polar surface area (TPSA) is 43.8 Å². The molecule has 0 radical (unpaired) electrons. The second kappa shape index (κ2) is 6.07. The average molecular weight is 247 g/mol. The maximum absolute atomic E-state index is 6.30. The van der Waals surface area contributed by atoms with Crippen molar-refractivity contribution in [1.29, 1.82) is 0 Å². The molecule has 0 unspecified atom stereocenters. The number of nitrogen functional groups attached to an aromatic ring is 1. The first kappa shape index (κ1) is 13.2. The van der Waals surface area contributed by atoms with Crippen molar-refractivity contribution in [2.24, 2.45) is 0 Å². The van der Waals surface area contributed by atoms with E-state index < -0.39 is 0 Å². The first-order valence-corrected chi connectivity index (χ1v) is 7.23. The number of rotatable bonds is 5. The molecule has 3 heteroatoms. The van der Waals surface area contributed by atoms with Gasteiger partial charge in [0, 0.05) is 18.9 Å². The third kappa shape index (κ3) is 2.60. The molecular formula is C15H25N3. The van der Waals surface area contributed by atoms with Crippen LogP contribution < -0.4 is 5.73 Å². The summed E-state index contributed by atoms with van der Waals surface area (Å²) < 4.78 is 2.14. The zero-order chi connectivity index (χ0) is 13.0. The second-order valence-electron chi connectivity index (χ2n) is 5.28. The summed E-state index contributed by atoms with van der Waals surface area (Å²) in [5.41, 5.74) is 7.46. The first-order valence-electron chi connectivity index (χ1n) is 7.23. The van der Waals surface area contributed by atoms with Crippen molar-refractivity contribution >= 4 is 5.82 Å². The van der Waals surface area contributed by atoms with Crippen molar-refractivity contribution in [2.45, 2.75) is 64.3 Å². The average Bonchev–Trinajstić information content (AvgIpc) is 2.70. The van der Waals surface area contributed by atoms with E-state index in [0.29, 0.717) is 5.92 Å². The summed E-state index contributed by atoms with van der Waals surface area (Å²) in [5.74, 6) is 2.60. The van der Waals surface area contributed by atoms with Crippen LogP contribution >= 0.6 is 0 Å². The van der Waals surface area contributed by atoms with Gasteiger partial charge < -0.3 is 10.3 Å². The zero-order valence-electron chi connectivity index (χ0n) is 11.5. The first-order chi connectivity index (χ1) is 8.77.